The topological polar surface area (TPSA) is 74.3 Å². The van der Waals surface area contributed by atoms with Crippen LogP contribution in [0, 0.1) is 18.6 Å². The lowest BCUT2D eigenvalue weighted by atomic mass is 9.90. The molecule has 0 atom stereocenters. The minimum atomic E-state index is -0.818. The number of halogens is 2. The molecule has 2 N–H and O–H groups in total. The number of rotatable bonds is 6. The summed E-state index contributed by atoms with van der Waals surface area (Å²) in [6, 6.07) is 10.6. The standard InChI is InChI=1S/C25H26F2N4O2S/c1-16-7-8-19(24(32)28-12-9-18-4-3-15-34-18)22(29-16)17-10-13-31(14-11-17)25(33)30-23-20(26)5-2-6-21(23)27/h2-8,15,17H,9-14H2,1H3,(H,28,32)(H,30,33). The summed E-state index contributed by atoms with van der Waals surface area (Å²) in [5.41, 5.74) is 1.65. The second kappa shape index (κ2) is 10.7. The molecule has 1 fully saturated rings. The number of hydrogen-bond acceptors (Lipinski definition) is 4. The van der Waals surface area contributed by atoms with Crippen LogP contribution in [0.3, 0.4) is 0 Å². The first-order chi connectivity index (χ1) is 16.4. The van der Waals surface area contributed by atoms with Crippen molar-refractivity contribution in [1.82, 2.24) is 15.2 Å². The first-order valence-corrected chi connectivity index (χ1v) is 12.1. The van der Waals surface area contributed by atoms with Crippen LogP contribution in [0.2, 0.25) is 0 Å². The second-order valence-corrected chi connectivity index (χ2v) is 9.29. The van der Waals surface area contributed by atoms with Gasteiger partial charge in [-0.3, -0.25) is 9.78 Å². The highest BCUT2D eigenvalue weighted by molar-refractivity contribution is 7.09. The van der Waals surface area contributed by atoms with Gasteiger partial charge in [-0.05, 0) is 61.9 Å². The lowest BCUT2D eigenvalue weighted by Crippen LogP contribution is -2.41. The monoisotopic (exact) mass is 484 g/mol. The largest absolute Gasteiger partial charge is 0.352 e. The van der Waals surface area contributed by atoms with Gasteiger partial charge < -0.3 is 15.5 Å². The van der Waals surface area contributed by atoms with E-state index < -0.39 is 23.4 Å². The zero-order valence-corrected chi connectivity index (χ0v) is 19.6. The minimum Gasteiger partial charge on any atom is -0.352 e. The molecule has 0 saturated carbocycles. The molecule has 4 rings (SSSR count). The molecule has 1 aromatic carbocycles. The molecule has 6 nitrogen and oxygen atoms in total. The second-order valence-electron chi connectivity index (χ2n) is 8.26. The van der Waals surface area contributed by atoms with E-state index in [1.807, 2.05) is 30.5 Å². The third kappa shape index (κ3) is 5.59. The Hall–Kier alpha value is -3.33. The van der Waals surface area contributed by atoms with Gasteiger partial charge in [0.05, 0.1) is 11.3 Å². The number of likely N-dealkylation sites (tertiary alicyclic amines) is 1. The molecule has 0 bridgehead atoms. The Labute approximate surface area is 201 Å². The number of carbonyl (C=O) groups excluding carboxylic acids is 2. The van der Waals surface area contributed by atoms with E-state index in [1.54, 1.807) is 17.4 Å². The third-order valence-electron chi connectivity index (χ3n) is 5.91. The van der Waals surface area contributed by atoms with E-state index in [0.29, 0.717) is 38.0 Å². The van der Waals surface area contributed by atoms with Gasteiger partial charge in [-0.15, -0.1) is 11.3 Å². The fourth-order valence-electron chi connectivity index (χ4n) is 4.09. The Morgan fingerprint density at radius 1 is 1.09 bits per heavy atom. The molecule has 3 aromatic rings. The van der Waals surface area contributed by atoms with Gasteiger partial charge in [0.1, 0.15) is 17.3 Å². The van der Waals surface area contributed by atoms with Gasteiger partial charge in [-0.2, -0.15) is 0 Å². The first kappa shape index (κ1) is 23.8. The number of thiophene rings is 1. The van der Waals surface area contributed by atoms with Crippen LogP contribution < -0.4 is 10.6 Å². The molecule has 1 aliphatic rings. The number of para-hydroxylation sites is 1. The number of anilines is 1. The van der Waals surface area contributed by atoms with Gasteiger partial charge in [-0.25, -0.2) is 13.6 Å². The summed E-state index contributed by atoms with van der Waals surface area (Å²) in [5.74, 6) is -1.79. The van der Waals surface area contributed by atoms with Crippen LogP contribution >= 0.6 is 11.3 Å². The van der Waals surface area contributed by atoms with Crippen molar-refractivity contribution in [2.45, 2.75) is 32.1 Å². The summed E-state index contributed by atoms with van der Waals surface area (Å²) in [5, 5.41) is 7.33. The maximum atomic E-state index is 13.9. The van der Waals surface area contributed by atoms with Gasteiger partial charge in [-0.1, -0.05) is 12.1 Å². The number of benzene rings is 1. The van der Waals surface area contributed by atoms with Gasteiger partial charge in [0.2, 0.25) is 0 Å². The number of pyridine rings is 1. The van der Waals surface area contributed by atoms with E-state index in [0.717, 1.165) is 29.9 Å². The predicted molar refractivity (Wildman–Crippen MR) is 128 cm³/mol. The van der Waals surface area contributed by atoms with Crippen LogP contribution in [0.1, 0.15) is 45.4 Å². The predicted octanol–water partition coefficient (Wildman–Crippen LogP) is 5.11. The molecule has 3 amide bonds. The average Bonchev–Trinajstić information content (AvgIpc) is 3.35. The van der Waals surface area contributed by atoms with Crippen molar-refractivity contribution in [3.05, 3.63) is 81.3 Å². The van der Waals surface area contributed by atoms with Crippen LogP contribution in [-0.4, -0.2) is 41.5 Å². The van der Waals surface area contributed by atoms with E-state index in [-0.39, 0.29) is 11.8 Å². The van der Waals surface area contributed by atoms with E-state index in [2.05, 4.69) is 15.6 Å². The first-order valence-electron chi connectivity index (χ1n) is 11.2. The SMILES string of the molecule is Cc1ccc(C(=O)NCCc2cccs2)c(C2CCN(C(=O)Nc3c(F)cccc3F)CC2)n1. The molecule has 0 spiro atoms. The fourth-order valence-corrected chi connectivity index (χ4v) is 4.80. The highest BCUT2D eigenvalue weighted by Crippen LogP contribution is 2.30. The third-order valence-corrected chi connectivity index (χ3v) is 6.85. The zero-order valence-electron chi connectivity index (χ0n) is 18.8. The Bertz CT molecular complexity index is 1140. The quantitative estimate of drug-likeness (QED) is 0.510. The summed E-state index contributed by atoms with van der Waals surface area (Å²) >= 11 is 1.66. The number of carbonyl (C=O) groups is 2. The Balaban J connectivity index is 1.38. The molecular formula is C25H26F2N4O2S. The molecule has 2 aromatic heterocycles. The van der Waals surface area contributed by atoms with Crippen LogP contribution in [0.5, 0.6) is 0 Å². The average molecular weight is 485 g/mol. The van der Waals surface area contributed by atoms with Gasteiger partial charge in [0.25, 0.3) is 5.91 Å². The summed E-state index contributed by atoms with van der Waals surface area (Å²) in [6.45, 7) is 3.20. The lowest BCUT2D eigenvalue weighted by Gasteiger charge is -2.32. The van der Waals surface area contributed by atoms with Crippen molar-refractivity contribution in [1.29, 1.82) is 0 Å². The highest BCUT2D eigenvalue weighted by atomic mass is 32.1. The van der Waals surface area contributed by atoms with Gasteiger partial charge in [0, 0.05) is 36.1 Å². The van der Waals surface area contributed by atoms with E-state index >= 15 is 0 Å². The van der Waals surface area contributed by atoms with Crippen molar-refractivity contribution < 1.29 is 18.4 Å². The van der Waals surface area contributed by atoms with E-state index in [1.165, 1.54) is 15.8 Å². The van der Waals surface area contributed by atoms with E-state index in [4.69, 9.17) is 0 Å². The van der Waals surface area contributed by atoms with Crippen molar-refractivity contribution in [3.63, 3.8) is 0 Å². The molecule has 0 unspecified atom stereocenters. The van der Waals surface area contributed by atoms with Crippen LogP contribution in [-0.2, 0) is 6.42 Å². The molecular weight excluding hydrogens is 458 g/mol. The Morgan fingerprint density at radius 2 is 1.82 bits per heavy atom. The molecule has 9 heteroatoms. The number of nitrogens with zero attached hydrogens (tertiary/aromatic N) is 2. The fraction of sp³-hybridized carbons (Fsp3) is 0.320. The van der Waals surface area contributed by atoms with Gasteiger partial charge >= 0.3 is 6.03 Å². The number of aryl methyl sites for hydroxylation is 1. The zero-order chi connectivity index (χ0) is 24.1. The summed E-state index contributed by atoms with van der Waals surface area (Å²) in [4.78, 5) is 32.9. The molecule has 0 aliphatic carbocycles. The highest BCUT2D eigenvalue weighted by Gasteiger charge is 2.28. The molecule has 1 aliphatic heterocycles. The molecule has 0 radical (unpaired) electrons. The normalized spacial score (nSPS) is 14.1. The number of urea groups is 1. The van der Waals surface area contributed by atoms with Crippen molar-refractivity contribution >= 4 is 29.0 Å². The van der Waals surface area contributed by atoms with Crippen LogP contribution in [0.25, 0.3) is 0 Å². The number of hydrogen-bond donors (Lipinski definition) is 2. The number of nitrogens with one attached hydrogen (secondary N) is 2. The Morgan fingerprint density at radius 3 is 2.50 bits per heavy atom. The van der Waals surface area contributed by atoms with Crippen LogP contribution in [0.4, 0.5) is 19.3 Å². The van der Waals surface area contributed by atoms with Crippen molar-refractivity contribution in [2.75, 3.05) is 25.0 Å². The summed E-state index contributed by atoms with van der Waals surface area (Å²) in [6.07, 6.45) is 1.96. The Kier molecular flexibility index (Phi) is 7.52. The summed E-state index contributed by atoms with van der Waals surface area (Å²) in [7, 11) is 0. The number of piperidine rings is 1. The van der Waals surface area contributed by atoms with Crippen LogP contribution in [0.15, 0.2) is 47.8 Å². The number of amides is 3. The minimum absolute atomic E-state index is 0.00666. The molecule has 34 heavy (non-hydrogen) atoms. The van der Waals surface area contributed by atoms with Crippen molar-refractivity contribution in [2.24, 2.45) is 0 Å². The maximum Gasteiger partial charge on any atom is 0.322 e. The molecule has 178 valence electrons. The molecule has 1 saturated heterocycles. The lowest BCUT2D eigenvalue weighted by molar-refractivity contribution is 0.0951. The summed E-state index contributed by atoms with van der Waals surface area (Å²) < 4.78 is 27.7. The molecule has 3 heterocycles. The number of aromatic nitrogens is 1. The maximum absolute atomic E-state index is 13.9. The van der Waals surface area contributed by atoms with E-state index in [9.17, 15) is 18.4 Å². The smallest absolute Gasteiger partial charge is 0.322 e. The van der Waals surface area contributed by atoms with Crippen molar-refractivity contribution in [3.8, 4) is 0 Å². The van der Waals surface area contributed by atoms with Gasteiger partial charge in [0.15, 0.2) is 0 Å².